The standard InChI is InChI=1S/C34H31FN6O2/c1-21-12-28(35)30(40-33(42)31-14-25(10-11-37-31)34(2,3)20-36)15-27(21)23-13-24-18-39-32(16-29(24)38-17-23)41(4)19-22-6-8-26(43-5)9-7-22/h6-18H,19H2,1-5H3,(H,40,42). The smallest absolute Gasteiger partial charge is 0.274 e. The number of rotatable bonds is 8. The van der Waals surface area contributed by atoms with Gasteiger partial charge in [0.2, 0.25) is 0 Å². The number of hydrogen-bond acceptors (Lipinski definition) is 7. The molecule has 0 aliphatic carbocycles. The lowest BCUT2D eigenvalue weighted by Crippen LogP contribution is -2.18. The molecule has 0 atom stereocenters. The lowest BCUT2D eigenvalue weighted by Gasteiger charge is -2.19. The predicted octanol–water partition coefficient (Wildman–Crippen LogP) is 6.84. The van der Waals surface area contributed by atoms with Crippen molar-refractivity contribution in [3.05, 3.63) is 107 Å². The quantitative estimate of drug-likeness (QED) is 0.216. The highest BCUT2D eigenvalue weighted by Gasteiger charge is 2.22. The van der Waals surface area contributed by atoms with Gasteiger partial charge in [-0.15, -0.1) is 0 Å². The van der Waals surface area contributed by atoms with Crippen LogP contribution in [0.4, 0.5) is 15.9 Å². The number of benzene rings is 2. The van der Waals surface area contributed by atoms with E-state index in [2.05, 4.69) is 26.3 Å². The molecule has 8 nitrogen and oxygen atoms in total. The van der Waals surface area contributed by atoms with E-state index in [9.17, 15) is 14.4 Å². The zero-order chi connectivity index (χ0) is 30.7. The first-order valence-electron chi connectivity index (χ1n) is 13.7. The van der Waals surface area contributed by atoms with E-state index in [1.807, 2.05) is 48.3 Å². The first-order valence-corrected chi connectivity index (χ1v) is 13.7. The second-order valence-electron chi connectivity index (χ2n) is 10.9. The number of nitrogens with one attached hydrogen (secondary N) is 1. The van der Waals surface area contributed by atoms with Gasteiger partial charge in [-0.2, -0.15) is 5.26 Å². The molecule has 3 aromatic heterocycles. The molecule has 5 aromatic rings. The zero-order valence-corrected chi connectivity index (χ0v) is 24.6. The number of aryl methyl sites for hydroxylation is 1. The molecule has 216 valence electrons. The molecule has 5 rings (SSSR count). The van der Waals surface area contributed by atoms with Crippen LogP contribution in [0.3, 0.4) is 0 Å². The largest absolute Gasteiger partial charge is 0.497 e. The minimum Gasteiger partial charge on any atom is -0.497 e. The molecule has 43 heavy (non-hydrogen) atoms. The van der Waals surface area contributed by atoms with E-state index < -0.39 is 17.1 Å². The molecule has 0 bridgehead atoms. The van der Waals surface area contributed by atoms with Crippen molar-refractivity contribution >= 4 is 28.3 Å². The van der Waals surface area contributed by atoms with Gasteiger partial charge in [0, 0.05) is 49.2 Å². The Morgan fingerprint density at radius 2 is 1.81 bits per heavy atom. The summed E-state index contributed by atoms with van der Waals surface area (Å²) in [6, 6.07) is 20.2. The number of pyridine rings is 3. The molecule has 0 aliphatic heterocycles. The number of nitriles is 1. The van der Waals surface area contributed by atoms with Gasteiger partial charge in [-0.1, -0.05) is 12.1 Å². The van der Waals surface area contributed by atoms with Crippen molar-refractivity contribution < 1.29 is 13.9 Å². The number of carbonyl (C=O) groups excluding carboxylic acids is 1. The van der Waals surface area contributed by atoms with Gasteiger partial charge in [-0.25, -0.2) is 9.37 Å². The molecule has 2 aromatic carbocycles. The molecule has 0 saturated heterocycles. The van der Waals surface area contributed by atoms with Crippen LogP contribution in [0, 0.1) is 24.1 Å². The highest BCUT2D eigenvalue weighted by atomic mass is 19.1. The maximum absolute atomic E-state index is 15.0. The summed E-state index contributed by atoms with van der Waals surface area (Å²) < 4.78 is 20.2. The monoisotopic (exact) mass is 574 g/mol. The van der Waals surface area contributed by atoms with E-state index in [0.29, 0.717) is 17.7 Å². The number of halogens is 1. The molecular formula is C34H31FN6O2. The second-order valence-corrected chi connectivity index (χ2v) is 10.9. The van der Waals surface area contributed by atoms with Gasteiger partial charge in [-0.3, -0.25) is 14.8 Å². The van der Waals surface area contributed by atoms with Crippen LogP contribution in [0.15, 0.2) is 79.3 Å². The summed E-state index contributed by atoms with van der Waals surface area (Å²) in [4.78, 5) is 28.5. The van der Waals surface area contributed by atoms with E-state index in [1.165, 1.54) is 12.3 Å². The fourth-order valence-corrected chi connectivity index (χ4v) is 4.73. The Hall–Kier alpha value is -5.36. The molecular weight excluding hydrogens is 543 g/mol. The van der Waals surface area contributed by atoms with Crippen LogP contribution >= 0.6 is 0 Å². The molecule has 0 fully saturated rings. The van der Waals surface area contributed by atoms with Gasteiger partial charge < -0.3 is 15.0 Å². The minimum atomic E-state index is -0.801. The van der Waals surface area contributed by atoms with E-state index in [-0.39, 0.29) is 11.4 Å². The topological polar surface area (TPSA) is 104 Å². The van der Waals surface area contributed by atoms with E-state index in [4.69, 9.17) is 4.74 Å². The van der Waals surface area contributed by atoms with Crippen LogP contribution in [-0.2, 0) is 12.0 Å². The molecule has 1 amide bonds. The van der Waals surface area contributed by atoms with Gasteiger partial charge in [0.05, 0.1) is 29.8 Å². The Morgan fingerprint density at radius 3 is 2.53 bits per heavy atom. The third kappa shape index (κ3) is 6.28. The van der Waals surface area contributed by atoms with Crippen molar-refractivity contribution in [2.75, 3.05) is 24.4 Å². The van der Waals surface area contributed by atoms with Crippen molar-refractivity contribution in [3.63, 3.8) is 0 Å². The average Bonchev–Trinajstić information content (AvgIpc) is 3.02. The highest BCUT2D eigenvalue weighted by Crippen LogP contribution is 2.31. The number of amides is 1. The summed E-state index contributed by atoms with van der Waals surface area (Å²) in [6.45, 7) is 5.98. The molecule has 0 aliphatic rings. The van der Waals surface area contributed by atoms with E-state index >= 15 is 0 Å². The number of methoxy groups -OCH3 is 1. The Bertz CT molecular complexity index is 1860. The van der Waals surface area contributed by atoms with Gasteiger partial charge in [-0.05, 0) is 85.5 Å². The summed E-state index contributed by atoms with van der Waals surface area (Å²) in [5.41, 5.74) is 4.02. The van der Waals surface area contributed by atoms with Crippen molar-refractivity contribution in [2.24, 2.45) is 0 Å². The lowest BCUT2D eigenvalue weighted by atomic mass is 9.86. The van der Waals surface area contributed by atoms with Crippen molar-refractivity contribution in [2.45, 2.75) is 32.7 Å². The SMILES string of the molecule is COc1ccc(CN(C)c2cc3ncc(-c4cc(NC(=O)c5cc(C(C)(C)C#N)ccn5)c(F)cc4C)cc3cn2)cc1. The predicted molar refractivity (Wildman–Crippen MR) is 166 cm³/mol. The van der Waals surface area contributed by atoms with Crippen LogP contribution < -0.4 is 15.0 Å². The molecule has 3 heterocycles. The molecule has 9 heteroatoms. The summed E-state index contributed by atoms with van der Waals surface area (Å²) >= 11 is 0. The number of hydrogen-bond donors (Lipinski definition) is 1. The Kier molecular flexibility index (Phi) is 8.04. The van der Waals surface area contributed by atoms with Gasteiger partial charge in [0.25, 0.3) is 5.91 Å². The van der Waals surface area contributed by atoms with E-state index in [0.717, 1.165) is 39.2 Å². The van der Waals surface area contributed by atoms with Crippen LogP contribution in [0.2, 0.25) is 0 Å². The third-order valence-electron chi connectivity index (χ3n) is 7.39. The van der Waals surface area contributed by atoms with Crippen molar-refractivity contribution in [1.82, 2.24) is 15.0 Å². The molecule has 0 unspecified atom stereocenters. The Labute approximate surface area is 249 Å². The summed E-state index contributed by atoms with van der Waals surface area (Å²) in [7, 11) is 3.62. The fraction of sp³-hybridized carbons (Fsp3) is 0.206. The summed E-state index contributed by atoms with van der Waals surface area (Å²) in [5.74, 6) is 0.450. The number of anilines is 2. The number of ether oxygens (including phenoxy) is 1. The van der Waals surface area contributed by atoms with E-state index in [1.54, 1.807) is 58.5 Å². The maximum Gasteiger partial charge on any atom is 0.274 e. The van der Waals surface area contributed by atoms with Crippen LogP contribution in [-0.4, -0.2) is 35.0 Å². The average molecular weight is 575 g/mol. The molecule has 1 N–H and O–H groups in total. The Morgan fingerprint density at radius 1 is 1.05 bits per heavy atom. The number of fused-ring (bicyclic) bond motifs is 1. The van der Waals surface area contributed by atoms with Crippen LogP contribution in [0.25, 0.3) is 22.0 Å². The fourth-order valence-electron chi connectivity index (χ4n) is 4.73. The minimum absolute atomic E-state index is 0.0195. The first kappa shape index (κ1) is 29.1. The normalized spacial score (nSPS) is 11.2. The number of carbonyl (C=O) groups is 1. The maximum atomic E-state index is 15.0. The van der Waals surface area contributed by atoms with Gasteiger partial charge >= 0.3 is 0 Å². The first-order chi connectivity index (χ1) is 20.6. The molecule has 0 saturated carbocycles. The number of aromatic nitrogens is 3. The number of nitrogens with zero attached hydrogens (tertiary/aromatic N) is 5. The Balaban J connectivity index is 1.38. The van der Waals surface area contributed by atoms with Crippen molar-refractivity contribution in [1.29, 1.82) is 5.26 Å². The molecule has 0 radical (unpaired) electrons. The summed E-state index contributed by atoms with van der Waals surface area (Å²) in [5, 5.41) is 12.9. The third-order valence-corrected chi connectivity index (χ3v) is 7.39. The van der Waals surface area contributed by atoms with Crippen molar-refractivity contribution in [3.8, 4) is 22.9 Å². The van der Waals surface area contributed by atoms with Crippen LogP contribution in [0.1, 0.15) is 41.0 Å². The molecule has 0 spiro atoms. The van der Waals surface area contributed by atoms with Gasteiger partial charge in [0.15, 0.2) is 0 Å². The lowest BCUT2D eigenvalue weighted by molar-refractivity contribution is 0.102. The van der Waals surface area contributed by atoms with Crippen LogP contribution in [0.5, 0.6) is 5.75 Å². The van der Waals surface area contributed by atoms with Gasteiger partial charge in [0.1, 0.15) is 23.1 Å². The highest BCUT2D eigenvalue weighted by molar-refractivity contribution is 6.03. The summed E-state index contributed by atoms with van der Waals surface area (Å²) in [6.07, 6.45) is 4.97. The second kappa shape index (κ2) is 11.9. The zero-order valence-electron chi connectivity index (χ0n) is 24.6.